The van der Waals surface area contributed by atoms with Crippen molar-refractivity contribution >= 4 is 23.2 Å². The average Bonchev–Trinajstić information content (AvgIpc) is 2.49. The van der Waals surface area contributed by atoms with Crippen molar-refractivity contribution in [2.24, 2.45) is 5.92 Å². The number of para-hydroxylation sites is 1. The van der Waals surface area contributed by atoms with Gasteiger partial charge in [0, 0.05) is 22.9 Å². The van der Waals surface area contributed by atoms with Crippen molar-refractivity contribution in [1.82, 2.24) is 10.9 Å². The van der Waals surface area contributed by atoms with Gasteiger partial charge in [-0.15, -0.1) is 11.8 Å². The van der Waals surface area contributed by atoms with Crippen LogP contribution in [0.15, 0.2) is 29.2 Å². The van der Waals surface area contributed by atoms with E-state index in [0.717, 1.165) is 21.8 Å². The van der Waals surface area contributed by atoms with Gasteiger partial charge in [0.15, 0.2) is 0 Å². The van der Waals surface area contributed by atoms with Crippen molar-refractivity contribution in [3.63, 3.8) is 0 Å². The fourth-order valence-electron chi connectivity index (χ4n) is 2.54. The summed E-state index contributed by atoms with van der Waals surface area (Å²) in [6, 6.07) is 6.30. The van der Waals surface area contributed by atoms with Gasteiger partial charge in [0.2, 0.25) is 5.91 Å². The molecular formula is C16H22N2O2S. The molecule has 1 aliphatic rings. The molecule has 0 bridgehead atoms. The molecule has 0 spiro atoms. The molecule has 1 amide bonds. The first-order chi connectivity index (χ1) is 10.1. The van der Waals surface area contributed by atoms with E-state index in [1.807, 2.05) is 12.3 Å². The predicted octanol–water partition coefficient (Wildman–Crippen LogP) is 2.85. The van der Waals surface area contributed by atoms with Gasteiger partial charge in [-0.3, -0.25) is 10.2 Å². The lowest BCUT2D eigenvalue weighted by Crippen LogP contribution is -2.52. The summed E-state index contributed by atoms with van der Waals surface area (Å²) in [4.78, 5) is 12.5. The standard InChI is InChI=1S/C16H22N2O2S/c1-10(8-13-11(2)9-15(19)18-17-13)12-6-5-7-14(21-4)16(12)20-3/h5-8,11,13,17H,9H2,1-4H3,(H,18,19)/b10-8+. The topological polar surface area (TPSA) is 50.4 Å². The SMILES string of the molecule is COc1c(SC)cccc1/C(C)=C/C1NNC(=O)CC1C. The number of thioether (sulfide) groups is 1. The van der Waals surface area contributed by atoms with Crippen molar-refractivity contribution in [3.8, 4) is 5.75 Å². The van der Waals surface area contributed by atoms with Gasteiger partial charge >= 0.3 is 0 Å². The third-order valence-electron chi connectivity index (χ3n) is 3.76. The van der Waals surface area contributed by atoms with Crippen LogP contribution in [0.5, 0.6) is 5.75 Å². The number of nitrogens with one attached hydrogen (secondary N) is 2. The van der Waals surface area contributed by atoms with E-state index < -0.39 is 0 Å². The van der Waals surface area contributed by atoms with Crippen LogP contribution in [0.4, 0.5) is 0 Å². The molecule has 1 fully saturated rings. The number of ether oxygens (including phenoxy) is 1. The average molecular weight is 306 g/mol. The molecule has 1 saturated heterocycles. The molecule has 5 heteroatoms. The third kappa shape index (κ3) is 3.60. The molecule has 2 unspecified atom stereocenters. The van der Waals surface area contributed by atoms with Crippen molar-refractivity contribution < 1.29 is 9.53 Å². The number of methoxy groups -OCH3 is 1. The maximum absolute atomic E-state index is 11.3. The number of benzene rings is 1. The highest BCUT2D eigenvalue weighted by Crippen LogP contribution is 2.35. The minimum atomic E-state index is 0.0479. The van der Waals surface area contributed by atoms with Crippen molar-refractivity contribution in [2.75, 3.05) is 13.4 Å². The number of amides is 1. The van der Waals surface area contributed by atoms with E-state index >= 15 is 0 Å². The van der Waals surface area contributed by atoms with Crippen molar-refractivity contribution in [1.29, 1.82) is 0 Å². The van der Waals surface area contributed by atoms with E-state index in [-0.39, 0.29) is 17.9 Å². The second kappa shape index (κ2) is 7.00. The minimum absolute atomic E-state index is 0.0479. The summed E-state index contributed by atoms with van der Waals surface area (Å²) >= 11 is 1.67. The molecule has 1 heterocycles. The van der Waals surface area contributed by atoms with Crippen LogP contribution in [0.2, 0.25) is 0 Å². The Balaban J connectivity index is 2.29. The molecule has 0 saturated carbocycles. The molecule has 114 valence electrons. The van der Waals surface area contributed by atoms with Gasteiger partial charge in [0.1, 0.15) is 5.75 Å². The van der Waals surface area contributed by atoms with Crippen LogP contribution < -0.4 is 15.6 Å². The number of allylic oxidation sites excluding steroid dienone is 1. The summed E-state index contributed by atoms with van der Waals surface area (Å²) in [5.41, 5.74) is 8.00. The molecule has 2 atom stereocenters. The van der Waals surface area contributed by atoms with Crippen molar-refractivity contribution in [2.45, 2.75) is 31.2 Å². The highest BCUT2D eigenvalue weighted by molar-refractivity contribution is 7.98. The number of rotatable bonds is 4. The van der Waals surface area contributed by atoms with Gasteiger partial charge in [-0.25, -0.2) is 5.43 Å². The smallest absolute Gasteiger partial charge is 0.234 e. The van der Waals surface area contributed by atoms with Crippen LogP contribution in [0.25, 0.3) is 5.57 Å². The van der Waals surface area contributed by atoms with Gasteiger partial charge in [-0.05, 0) is 30.7 Å². The molecular weight excluding hydrogens is 284 g/mol. The second-order valence-electron chi connectivity index (χ2n) is 5.29. The van der Waals surface area contributed by atoms with Gasteiger partial charge in [0.25, 0.3) is 0 Å². The quantitative estimate of drug-likeness (QED) is 0.840. The van der Waals surface area contributed by atoms with E-state index in [1.165, 1.54) is 0 Å². The summed E-state index contributed by atoms with van der Waals surface area (Å²) in [7, 11) is 1.70. The summed E-state index contributed by atoms with van der Waals surface area (Å²) in [6.07, 6.45) is 4.75. The Morgan fingerprint density at radius 3 is 2.86 bits per heavy atom. The van der Waals surface area contributed by atoms with Gasteiger partial charge < -0.3 is 4.74 Å². The van der Waals surface area contributed by atoms with Crippen LogP contribution in [0.3, 0.4) is 0 Å². The number of hydrogen-bond donors (Lipinski definition) is 2. The monoisotopic (exact) mass is 306 g/mol. The third-order valence-corrected chi connectivity index (χ3v) is 4.52. The summed E-state index contributed by atoms with van der Waals surface area (Å²) < 4.78 is 5.57. The van der Waals surface area contributed by atoms with Crippen LogP contribution in [0.1, 0.15) is 25.8 Å². The molecule has 2 N–H and O–H groups in total. The minimum Gasteiger partial charge on any atom is -0.495 e. The Morgan fingerprint density at radius 2 is 2.24 bits per heavy atom. The van der Waals surface area contributed by atoms with Crippen LogP contribution in [-0.4, -0.2) is 25.3 Å². The molecule has 0 aliphatic carbocycles. The first-order valence-corrected chi connectivity index (χ1v) is 8.23. The summed E-state index contributed by atoms with van der Waals surface area (Å²) in [5.74, 6) is 1.22. The zero-order chi connectivity index (χ0) is 15.4. The second-order valence-corrected chi connectivity index (χ2v) is 6.14. The van der Waals surface area contributed by atoms with Crippen LogP contribution in [-0.2, 0) is 4.79 Å². The van der Waals surface area contributed by atoms with Crippen molar-refractivity contribution in [3.05, 3.63) is 29.8 Å². The Labute approximate surface area is 130 Å². The van der Waals surface area contributed by atoms with Gasteiger partial charge in [-0.2, -0.15) is 0 Å². The van der Waals surface area contributed by atoms with E-state index in [1.54, 1.807) is 18.9 Å². The molecule has 1 aliphatic heterocycles. The predicted molar refractivity (Wildman–Crippen MR) is 87.3 cm³/mol. The van der Waals surface area contributed by atoms with E-state index in [9.17, 15) is 4.79 Å². The number of hydrogen-bond acceptors (Lipinski definition) is 4. The molecule has 0 radical (unpaired) electrons. The van der Waals surface area contributed by atoms with E-state index in [0.29, 0.717) is 6.42 Å². The first-order valence-electron chi connectivity index (χ1n) is 7.01. The van der Waals surface area contributed by atoms with E-state index in [2.05, 4.69) is 42.9 Å². The Hall–Kier alpha value is -1.46. The zero-order valence-corrected chi connectivity index (χ0v) is 13.7. The van der Waals surface area contributed by atoms with Crippen LogP contribution in [0, 0.1) is 5.92 Å². The summed E-state index contributed by atoms with van der Waals surface area (Å²) in [5, 5.41) is 0. The fraction of sp³-hybridized carbons (Fsp3) is 0.438. The lowest BCUT2D eigenvalue weighted by Gasteiger charge is -2.28. The largest absolute Gasteiger partial charge is 0.495 e. The number of carbonyl (C=O) groups is 1. The lowest BCUT2D eigenvalue weighted by atomic mass is 9.93. The maximum Gasteiger partial charge on any atom is 0.234 e. The Kier molecular flexibility index (Phi) is 5.31. The lowest BCUT2D eigenvalue weighted by molar-refractivity contribution is -0.125. The normalized spacial score (nSPS) is 22.9. The molecule has 21 heavy (non-hydrogen) atoms. The molecule has 1 aromatic rings. The molecule has 2 rings (SSSR count). The highest BCUT2D eigenvalue weighted by Gasteiger charge is 2.24. The number of carbonyl (C=O) groups excluding carboxylic acids is 1. The van der Waals surface area contributed by atoms with Gasteiger partial charge in [-0.1, -0.05) is 25.1 Å². The molecule has 1 aromatic carbocycles. The highest BCUT2D eigenvalue weighted by atomic mass is 32.2. The fourth-order valence-corrected chi connectivity index (χ4v) is 3.13. The molecule has 0 aromatic heterocycles. The maximum atomic E-state index is 11.3. The first kappa shape index (κ1) is 15.9. The van der Waals surface area contributed by atoms with Crippen LogP contribution >= 0.6 is 11.8 Å². The Bertz CT molecular complexity index is 557. The number of hydrazine groups is 1. The Morgan fingerprint density at radius 1 is 1.48 bits per heavy atom. The van der Waals surface area contributed by atoms with E-state index in [4.69, 9.17) is 4.74 Å². The van der Waals surface area contributed by atoms with Gasteiger partial charge in [0.05, 0.1) is 7.11 Å². The summed E-state index contributed by atoms with van der Waals surface area (Å²) in [6.45, 7) is 4.16. The zero-order valence-electron chi connectivity index (χ0n) is 12.9. The molecule has 4 nitrogen and oxygen atoms in total.